The standard InChI is InChI=1S/C16H15N3O4.CH4/c1-15-6-10(20)16(2,23-15)12-11(15)13(21)19(14(12)22)9-3-4-18-8(5-9)7-17;/h3-5,10-12,20H,6H2,1-2H3;1H4/t10-,11+,12-,15-,16+;/m0./s1. The van der Waals surface area contributed by atoms with Crippen LogP contribution in [-0.4, -0.2) is 39.2 Å². The lowest BCUT2D eigenvalue weighted by molar-refractivity contribution is -0.132. The molecule has 3 aliphatic heterocycles. The molecule has 0 spiro atoms. The summed E-state index contributed by atoms with van der Waals surface area (Å²) in [6.07, 6.45) is 0.945. The third-order valence-electron chi connectivity index (χ3n) is 5.41. The first-order valence-electron chi connectivity index (χ1n) is 7.44. The molecule has 5 atom stereocenters. The largest absolute Gasteiger partial charge is 0.390 e. The van der Waals surface area contributed by atoms with Gasteiger partial charge in [-0.2, -0.15) is 5.26 Å². The summed E-state index contributed by atoms with van der Waals surface area (Å²) < 4.78 is 5.91. The van der Waals surface area contributed by atoms with Crippen LogP contribution in [0.25, 0.3) is 0 Å². The molecule has 0 aliphatic carbocycles. The number of ether oxygens (including phenoxy) is 1. The number of aliphatic hydroxyl groups is 1. The number of pyridine rings is 1. The molecule has 4 rings (SSSR count). The maximum absolute atomic E-state index is 12.9. The van der Waals surface area contributed by atoms with Crippen molar-refractivity contribution >= 4 is 17.5 Å². The van der Waals surface area contributed by atoms with Crippen molar-refractivity contribution in [3.63, 3.8) is 0 Å². The predicted molar refractivity (Wildman–Crippen MR) is 83.7 cm³/mol. The molecule has 1 N–H and O–H groups in total. The van der Waals surface area contributed by atoms with Crippen molar-refractivity contribution in [1.82, 2.24) is 4.98 Å². The Morgan fingerprint density at radius 2 is 2.04 bits per heavy atom. The molecule has 126 valence electrons. The smallest absolute Gasteiger partial charge is 0.240 e. The van der Waals surface area contributed by atoms with Gasteiger partial charge in [-0.1, -0.05) is 7.43 Å². The highest BCUT2D eigenvalue weighted by atomic mass is 16.6. The molecule has 24 heavy (non-hydrogen) atoms. The summed E-state index contributed by atoms with van der Waals surface area (Å²) in [6.45, 7) is 3.46. The van der Waals surface area contributed by atoms with Crippen LogP contribution < -0.4 is 4.90 Å². The minimum Gasteiger partial charge on any atom is -0.390 e. The second-order valence-corrected chi connectivity index (χ2v) is 6.80. The first-order valence-corrected chi connectivity index (χ1v) is 7.44. The van der Waals surface area contributed by atoms with Gasteiger partial charge in [0.2, 0.25) is 11.8 Å². The van der Waals surface area contributed by atoms with Gasteiger partial charge in [0.05, 0.1) is 29.2 Å². The molecule has 3 aliphatic rings. The van der Waals surface area contributed by atoms with Crippen molar-refractivity contribution in [1.29, 1.82) is 5.26 Å². The Balaban J connectivity index is 0.00000169. The number of imide groups is 1. The Morgan fingerprint density at radius 1 is 1.38 bits per heavy atom. The van der Waals surface area contributed by atoms with E-state index in [1.807, 2.05) is 6.07 Å². The fourth-order valence-corrected chi connectivity index (χ4v) is 4.40. The van der Waals surface area contributed by atoms with Gasteiger partial charge < -0.3 is 9.84 Å². The maximum Gasteiger partial charge on any atom is 0.240 e. The summed E-state index contributed by atoms with van der Waals surface area (Å²) in [6, 6.07) is 4.84. The minimum atomic E-state index is -1.05. The van der Waals surface area contributed by atoms with Crippen molar-refractivity contribution in [2.75, 3.05) is 4.90 Å². The van der Waals surface area contributed by atoms with E-state index < -0.39 is 29.1 Å². The van der Waals surface area contributed by atoms with Crippen LogP contribution >= 0.6 is 0 Å². The predicted octanol–water partition coefficient (Wildman–Crippen LogP) is 1.01. The maximum atomic E-state index is 12.9. The minimum absolute atomic E-state index is 0. The number of hydrogen-bond donors (Lipinski definition) is 1. The van der Waals surface area contributed by atoms with Crippen LogP contribution in [0, 0.1) is 23.2 Å². The third kappa shape index (κ3) is 1.75. The van der Waals surface area contributed by atoms with Gasteiger partial charge in [0.1, 0.15) is 17.4 Å². The number of nitriles is 1. The second kappa shape index (κ2) is 4.85. The highest BCUT2D eigenvalue weighted by molar-refractivity contribution is 6.23. The molecule has 7 heteroatoms. The van der Waals surface area contributed by atoms with Crippen LogP contribution in [0.4, 0.5) is 5.69 Å². The number of fused-ring (bicyclic) bond motifs is 5. The molecular weight excluding hydrogens is 310 g/mol. The fraction of sp³-hybridized carbons (Fsp3) is 0.529. The van der Waals surface area contributed by atoms with E-state index >= 15 is 0 Å². The number of amides is 2. The van der Waals surface area contributed by atoms with E-state index in [0.29, 0.717) is 12.1 Å². The molecular formula is C17H19N3O4. The third-order valence-corrected chi connectivity index (χ3v) is 5.41. The summed E-state index contributed by atoms with van der Waals surface area (Å²) in [5, 5.41) is 19.2. The van der Waals surface area contributed by atoms with E-state index in [0.717, 1.165) is 4.90 Å². The lowest BCUT2D eigenvalue weighted by atomic mass is 9.67. The van der Waals surface area contributed by atoms with Gasteiger partial charge in [0, 0.05) is 12.6 Å². The molecule has 2 amide bonds. The quantitative estimate of drug-likeness (QED) is 0.771. The molecule has 1 aromatic heterocycles. The van der Waals surface area contributed by atoms with Gasteiger partial charge in [-0.05, 0) is 26.0 Å². The van der Waals surface area contributed by atoms with E-state index in [1.54, 1.807) is 13.8 Å². The van der Waals surface area contributed by atoms with E-state index in [9.17, 15) is 14.7 Å². The molecule has 1 aromatic rings. The van der Waals surface area contributed by atoms with Crippen LogP contribution in [0.5, 0.6) is 0 Å². The summed E-state index contributed by atoms with van der Waals surface area (Å²) >= 11 is 0. The SMILES string of the molecule is C.C[C@@]12O[C@@](C)(C[C@@H]1O)[C@H]1C(=O)N(c3ccnc(C#N)c3)C(=O)[C@H]12. The normalized spacial score (nSPS) is 39.6. The lowest BCUT2D eigenvalue weighted by Crippen LogP contribution is -2.49. The molecule has 2 bridgehead atoms. The summed E-state index contributed by atoms with van der Waals surface area (Å²) in [5.74, 6) is -2.04. The Bertz CT molecular complexity index is 788. The van der Waals surface area contributed by atoms with Crippen molar-refractivity contribution in [3.05, 3.63) is 24.0 Å². The Labute approximate surface area is 139 Å². The molecule has 4 heterocycles. The Hall–Kier alpha value is -2.30. The Morgan fingerprint density at radius 3 is 2.71 bits per heavy atom. The van der Waals surface area contributed by atoms with Crippen LogP contribution in [-0.2, 0) is 14.3 Å². The van der Waals surface area contributed by atoms with Crippen LogP contribution in [0.3, 0.4) is 0 Å². The van der Waals surface area contributed by atoms with Crippen molar-refractivity contribution in [2.45, 2.75) is 45.0 Å². The zero-order valence-corrected chi connectivity index (χ0v) is 12.7. The Kier molecular flexibility index (Phi) is 3.35. The first-order chi connectivity index (χ1) is 10.8. The zero-order valence-electron chi connectivity index (χ0n) is 12.7. The number of rotatable bonds is 1. The van der Waals surface area contributed by atoms with Gasteiger partial charge in [-0.25, -0.2) is 9.88 Å². The van der Waals surface area contributed by atoms with Gasteiger partial charge in [-0.15, -0.1) is 0 Å². The van der Waals surface area contributed by atoms with Gasteiger partial charge in [0.15, 0.2) is 0 Å². The number of aromatic nitrogens is 1. The molecule has 7 nitrogen and oxygen atoms in total. The lowest BCUT2D eigenvalue weighted by Gasteiger charge is -2.31. The van der Waals surface area contributed by atoms with E-state index in [4.69, 9.17) is 10.00 Å². The number of hydrogen-bond acceptors (Lipinski definition) is 6. The van der Waals surface area contributed by atoms with Gasteiger partial charge >= 0.3 is 0 Å². The van der Waals surface area contributed by atoms with E-state index in [1.165, 1.54) is 18.3 Å². The summed E-state index contributed by atoms with van der Waals surface area (Å²) in [4.78, 5) is 30.7. The van der Waals surface area contributed by atoms with Crippen molar-refractivity contribution < 1.29 is 19.4 Å². The van der Waals surface area contributed by atoms with Crippen molar-refractivity contribution in [2.24, 2.45) is 11.8 Å². The van der Waals surface area contributed by atoms with E-state index in [-0.39, 0.29) is 24.9 Å². The average molecular weight is 329 g/mol. The zero-order chi connectivity index (χ0) is 16.6. The highest BCUT2D eigenvalue weighted by Crippen LogP contribution is 2.60. The molecule has 3 saturated heterocycles. The number of carbonyl (C=O) groups is 2. The number of aliphatic hydroxyl groups excluding tert-OH is 1. The summed E-state index contributed by atoms with van der Waals surface area (Å²) in [5.41, 5.74) is -1.42. The van der Waals surface area contributed by atoms with Crippen LogP contribution in [0.15, 0.2) is 18.3 Å². The van der Waals surface area contributed by atoms with Crippen molar-refractivity contribution in [3.8, 4) is 6.07 Å². The molecule has 0 radical (unpaired) electrons. The molecule has 0 unspecified atom stereocenters. The number of carbonyl (C=O) groups excluding carboxylic acids is 2. The van der Waals surface area contributed by atoms with Crippen LogP contribution in [0.2, 0.25) is 0 Å². The highest BCUT2D eigenvalue weighted by Gasteiger charge is 2.75. The van der Waals surface area contributed by atoms with E-state index in [2.05, 4.69) is 4.98 Å². The number of anilines is 1. The van der Waals surface area contributed by atoms with Gasteiger partial charge in [0.25, 0.3) is 0 Å². The molecule has 0 aromatic carbocycles. The second-order valence-electron chi connectivity index (χ2n) is 6.80. The van der Waals surface area contributed by atoms with Gasteiger partial charge in [-0.3, -0.25) is 9.59 Å². The molecule has 0 saturated carbocycles. The fourth-order valence-electron chi connectivity index (χ4n) is 4.40. The topological polar surface area (TPSA) is 104 Å². The monoisotopic (exact) mass is 329 g/mol. The summed E-state index contributed by atoms with van der Waals surface area (Å²) in [7, 11) is 0. The first kappa shape index (κ1) is 16.6. The average Bonchev–Trinajstić information content (AvgIpc) is 3.01. The number of nitrogens with zero attached hydrogens (tertiary/aromatic N) is 3. The van der Waals surface area contributed by atoms with Crippen LogP contribution in [0.1, 0.15) is 33.4 Å². The molecule has 3 fully saturated rings.